The van der Waals surface area contributed by atoms with Crippen molar-refractivity contribution in [2.75, 3.05) is 57.9 Å². The number of nitrogens with one attached hydrogen (secondary N) is 1. The first kappa shape index (κ1) is 28.8. The maximum Gasteiger partial charge on any atom is 0.256 e. The number of nitrogens with zero attached hydrogens (tertiary/aromatic N) is 4. The van der Waals surface area contributed by atoms with Crippen LogP contribution in [0.5, 0.6) is 11.5 Å². The predicted octanol–water partition coefficient (Wildman–Crippen LogP) is 2.25. The van der Waals surface area contributed by atoms with Gasteiger partial charge >= 0.3 is 0 Å². The SMILES string of the molecule is COCCN1CC(=O)N[C@H]2CN(CC(=O)N3CCc4ccccc43)C[C@@H]2OCc2cccc(c2)Oc2cncc(c2)C1=O. The van der Waals surface area contributed by atoms with Gasteiger partial charge in [0.15, 0.2) is 0 Å². The van der Waals surface area contributed by atoms with Gasteiger partial charge in [0.25, 0.3) is 5.91 Å². The number of rotatable bonds is 5. The number of likely N-dealkylation sites (tertiary alicyclic amines) is 1. The summed E-state index contributed by atoms with van der Waals surface area (Å²) in [6.45, 7) is 2.41. The van der Waals surface area contributed by atoms with E-state index in [1.165, 1.54) is 22.9 Å². The van der Waals surface area contributed by atoms with Crippen molar-refractivity contribution in [2.24, 2.45) is 0 Å². The van der Waals surface area contributed by atoms with Gasteiger partial charge in [0.2, 0.25) is 11.8 Å². The third-order valence-electron chi connectivity index (χ3n) is 7.98. The highest BCUT2D eigenvalue weighted by Gasteiger charge is 2.37. The molecule has 3 aliphatic rings. The Balaban J connectivity index is 1.22. The van der Waals surface area contributed by atoms with Crippen molar-refractivity contribution in [3.63, 3.8) is 0 Å². The summed E-state index contributed by atoms with van der Waals surface area (Å²) in [5, 5.41) is 3.08. The van der Waals surface area contributed by atoms with E-state index in [-0.39, 0.29) is 56.1 Å². The molecule has 0 spiro atoms. The zero-order valence-corrected chi connectivity index (χ0v) is 24.1. The highest BCUT2D eigenvalue weighted by atomic mass is 16.5. The first-order valence-electron chi connectivity index (χ1n) is 14.5. The molecule has 1 saturated heterocycles. The Morgan fingerprint density at radius 2 is 1.95 bits per heavy atom. The van der Waals surface area contributed by atoms with E-state index in [4.69, 9.17) is 14.2 Å². The Morgan fingerprint density at radius 3 is 2.84 bits per heavy atom. The quantitative estimate of drug-likeness (QED) is 0.485. The van der Waals surface area contributed by atoms with Crippen LogP contribution in [0.4, 0.5) is 5.69 Å². The molecule has 6 rings (SSSR count). The Bertz CT molecular complexity index is 1500. The lowest BCUT2D eigenvalue weighted by Gasteiger charge is -2.25. The molecular formula is C32H35N5O6. The van der Waals surface area contributed by atoms with E-state index in [0.29, 0.717) is 43.3 Å². The molecule has 11 nitrogen and oxygen atoms in total. The molecule has 3 amide bonds. The van der Waals surface area contributed by atoms with Gasteiger partial charge in [0, 0.05) is 45.2 Å². The summed E-state index contributed by atoms with van der Waals surface area (Å²) in [7, 11) is 1.54. The summed E-state index contributed by atoms with van der Waals surface area (Å²) >= 11 is 0. The van der Waals surface area contributed by atoms with E-state index >= 15 is 0 Å². The zero-order chi connectivity index (χ0) is 29.8. The van der Waals surface area contributed by atoms with Gasteiger partial charge < -0.3 is 29.3 Å². The number of carbonyl (C=O) groups excluding carboxylic acids is 3. The number of amides is 3. The van der Waals surface area contributed by atoms with Crippen molar-refractivity contribution in [3.8, 4) is 11.5 Å². The molecule has 0 radical (unpaired) electrons. The van der Waals surface area contributed by atoms with E-state index < -0.39 is 0 Å². The Morgan fingerprint density at radius 1 is 1.07 bits per heavy atom. The molecule has 3 aromatic rings. The predicted molar refractivity (Wildman–Crippen MR) is 158 cm³/mol. The molecule has 2 aromatic carbocycles. The number of fused-ring (bicyclic) bond motifs is 6. The molecular weight excluding hydrogens is 550 g/mol. The van der Waals surface area contributed by atoms with E-state index in [0.717, 1.165) is 17.7 Å². The van der Waals surface area contributed by atoms with Gasteiger partial charge in [-0.25, -0.2) is 0 Å². The van der Waals surface area contributed by atoms with Gasteiger partial charge in [-0.1, -0.05) is 30.3 Å². The summed E-state index contributed by atoms with van der Waals surface area (Å²) < 4.78 is 17.6. The first-order valence-corrected chi connectivity index (χ1v) is 14.5. The highest BCUT2D eigenvalue weighted by Crippen LogP contribution is 2.28. The molecule has 0 unspecified atom stereocenters. The lowest BCUT2D eigenvalue weighted by Crippen LogP contribution is -2.49. The minimum Gasteiger partial charge on any atom is -0.456 e. The molecule has 4 heterocycles. The van der Waals surface area contributed by atoms with Crippen LogP contribution >= 0.6 is 0 Å². The molecule has 1 fully saturated rings. The average Bonchev–Trinajstić information content (AvgIpc) is 3.61. The van der Waals surface area contributed by atoms with Crippen molar-refractivity contribution in [1.82, 2.24) is 20.1 Å². The number of carbonyl (C=O) groups is 3. The van der Waals surface area contributed by atoms with E-state index in [1.54, 1.807) is 13.2 Å². The number of benzene rings is 2. The molecule has 0 saturated carbocycles. The van der Waals surface area contributed by atoms with Crippen molar-refractivity contribution >= 4 is 23.4 Å². The fourth-order valence-corrected chi connectivity index (χ4v) is 5.85. The van der Waals surface area contributed by atoms with Crippen LogP contribution in [0.1, 0.15) is 21.5 Å². The molecule has 4 bridgehead atoms. The minimum absolute atomic E-state index is 0.0191. The standard InChI is InChI=1S/C32H35N5O6/c1-41-12-11-36-19-30(38)34-27-17-35(20-31(39)37-10-9-23-6-2-3-8-28(23)37)18-29(27)42-21-22-5-4-7-25(13-22)43-26-14-24(32(36)40)15-33-16-26/h2-8,13-16,27,29H,9-12,17-21H2,1H3,(H,34,38)/t27-,29-/m0/s1. The van der Waals surface area contributed by atoms with Gasteiger partial charge in [-0.2, -0.15) is 0 Å². The second kappa shape index (κ2) is 12.9. The summed E-state index contributed by atoms with van der Waals surface area (Å²) in [4.78, 5) is 49.7. The van der Waals surface area contributed by atoms with E-state index in [1.807, 2.05) is 52.3 Å². The largest absolute Gasteiger partial charge is 0.456 e. The third-order valence-corrected chi connectivity index (χ3v) is 7.98. The summed E-state index contributed by atoms with van der Waals surface area (Å²) in [5.41, 5.74) is 3.34. The van der Waals surface area contributed by atoms with Crippen molar-refractivity contribution < 1.29 is 28.6 Å². The number of pyridine rings is 1. The van der Waals surface area contributed by atoms with Gasteiger partial charge in [-0.3, -0.25) is 24.3 Å². The molecule has 224 valence electrons. The maximum absolute atomic E-state index is 13.5. The third kappa shape index (κ3) is 6.69. The fraction of sp³-hybridized carbons (Fsp3) is 0.375. The van der Waals surface area contributed by atoms with E-state index in [2.05, 4.69) is 16.4 Å². The molecule has 3 aliphatic heterocycles. The number of hydrogen-bond acceptors (Lipinski definition) is 8. The van der Waals surface area contributed by atoms with Gasteiger partial charge in [0.05, 0.1) is 50.2 Å². The minimum atomic E-state index is -0.372. The molecule has 0 aliphatic carbocycles. The maximum atomic E-state index is 13.5. The second-order valence-electron chi connectivity index (χ2n) is 11.0. The normalized spacial score (nSPS) is 20.8. The Kier molecular flexibility index (Phi) is 8.64. The van der Waals surface area contributed by atoms with Gasteiger partial charge in [-0.15, -0.1) is 0 Å². The molecule has 43 heavy (non-hydrogen) atoms. The van der Waals surface area contributed by atoms with Crippen LogP contribution < -0.4 is 15.0 Å². The number of methoxy groups -OCH3 is 1. The number of ether oxygens (including phenoxy) is 3. The summed E-state index contributed by atoms with van der Waals surface area (Å²) in [6.07, 6.45) is 3.48. The fourth-order valence-electron chi connectivity index (χ4n) is 5.85. The van der Waals surface area contributed by atoms with Crippen molar-refractivity contribution in [2.45, 2.75) is 25.2 Å². The van der Waals surface area contributed by atoms with Crippen LogP contribution in [0.2, 0.25) is 0 Å². The highest BCUT2D eigenvalue weighted by molar-refractivity contribution is 5.97. The topological polar surface area (TPSA) is 114 Å². The van der Waals surface area contributed by atoms with Crippen LogP contribution in [0.15, 0.2) is 67.0 Å². The number of anilines is 1. The van der Waals surface area contributed by atoms with Gasteiger partial charge in [-0.05, 0) is 41.8 Å². The van der Waals surface area contributed by atoms with E-state index in [9.17, 15) is 14.4 Å². The Labute approximate surface area is 250 Å². The average molecular weight is 586 g/mol. The number of hydrogen-bond donors (Lipinski definition) is 1. The lowest BCUT2D eigenvalue weighted by atomic mass is 10.2. The van der Waals surface area contributed by atoms with Gasteiger partial charge in [0.1, 0.15) is 11.5 Å². The first-order chi connectivity index (χ1) is 21.0. The monoisotopic (exact) mass is 585 g/mol. The summed E-state index contributed by atoms with van der Waals surface area (Å²) in [6, 6.07) is 16.7. The molecule has 2 atom stereocenters. The molecule has 1 N–H and O–H groups in total. The number of para-hydroxylation sites is 1. The van der Waals surface area contributed by atoms with Crippen LogP contribution in [0.3, 0.4) is 0 Å². The number of aromatic nitrogens is 1. The van der Waals surface area contributed by atoms with Crippen LogP contribution in [0, 0.1) is 0 Å². The smallest absolute Gasteiger partial charge is 0.256 e. The molecule has 1 aromatic heterocycles. The van der Waals surface area contributed by atoms with Crippen molar-refractivity contribution in [1.29, 1.82) is 0 Å². The van der Waals surface area contributed by atoms with Crippen LogP contribution in [-0.4, -0.2) is 97.6 Å². The van der Waals surface area contributed by atoms with Crippen molar-refractivity contribution in [3.05, 3.63) is 83.7 Å². The lowest BCUT2D eigenvalue weighted by molar-refractivity contribution is -0.123. The Hall–Kier alpha value is -4.32. The van der Waals surface area contributed by atoms with Crippen LogP contribution in [-0.2, 0) is 32.1 Å². The zero-order valence-electron chi connectivity index (χ0n) is 24.1. The second-order valence-corrected chi connectivity index (χ2v) is 11.0. The van der Waals surface area contributed by atoms with Crippen LogP contribution in [0.25, 0.3) is 0 Å². The molecule has 11 heteroatoms. The summed E-state index contributed by atoms with van der Waals surface area (Å²) in [5.74, 6) is 0.335.